The summed E-state index contributed by atoms with van der Waals surface area (Å²) >= 11 is 0. The van der Waals surface area contributed by atoms with Crippen molar-refractivity contribution in [3.63, 3.8) is 0 Å². The molecule has 198 valence electrons. The minimum Gasteiger partial charge on any atom is -0.489 e. The van der Waals surface area contributed by atoms with Crippen LogP contribution in [0.25, 0.3) is 22.2 Å². The number of para-hydroxylation sites is 1. The summed E-state index contributed by atoms with van der Waals surface area (Å²) < 4.78 is 13.0. The summed E-state index contributed by atoms with van der Waals surface area (Å²) in [6.07, 6.45) is 5.59. The van der Waals surface area contributed by atoms with Gasteiger partial charge in [0.2, 0.25) is 5.72 Å². The lowest BCUT2D eigenvalue weighted by Gasteiger charge is -2.45. The van der Waals surface area contributed by atoms with Gasteiger partial charge in [-0.25, -0.2) is 0 Å². The van der Waals surface area contributed by atoms with Crippen molar-refractivity contribution in [2.45, 2.75) is 38.5 Å². The number of pyridine rings is 2. The van der Waals surface area contributed by atoms with E-state index in [2.05, 4.69) is 85.2 Å². The molecule has 0 aliphatic carbocycles. The van der Waals surface area contributed by atoms with Crippen LogP contribution in [-0.4, -0.2) is 29.0 Å². The second kappa shape index (κ2) is 8.91. The number of nitrogens with zero attached hydrogens (tertiary/aromatic N) is 4. The van der Waals surface area contributed by atoms with Crippen LogP contribution in [0.1, 0.15) is 30.5 Å². The van der Waals surface area contributed by atoms with Crippen molar-refractivity contribution in [2.75, 3.05) is 11.9 Å². The lowest BCUT2D eigenvalue weighted by molar-refractivity contribution is 0.0826. The summed E-state index contributed by atoms with van der Waals surface area (Å²) in [6.45, 7) is 6.93. The van der Waals surface area contributed by atoms with Crippen LogP contribution < -0.4 is 14.4 Å². The molecule has 0 bridgehead atoms. The summed E-state index contributed by atoms with van der Waals surface area (Å²) in [6, 6.07) is 26.7. The molecule has 5 aromatic rings. The van der Waals surface area contributed by atoms with Crippen molar-refractivity contribution >= 4 is 28.4 Å². The smallest absolute Gasteiger partial charge is 0.228 e. The van der Waals surface area contributed by atoms with Crippen molar-refractivity contribution in [3.8, 4) is 22.9 Å². The van der Waals surface area contributed by atoms with E-state index in [-0.39, 0.29) is 5.41 Å². The van der Waals surface area contributed by atoms with Gasteiger partial charge in [-0.05, 0) is 97.4 Å². The van der Waals surface area contributed by atoms with E-state index in [1.54, 1.807) is 6.20 Å². The molecule has 0 radical (unpaired) electrons. The third-order valence-corrected chi connectivity index (χ3v) is 8.30. The first kappa shape index (κ1) is 24.3. The number of aliphatic imine (C=N–C) groups is 1. The minimum atomic E-state index is -0.697. The molecule has 1 unspecified atom stereocenters. The summed E-state index contributed by atoms with van der Waals surface area (Å²) in [7, 11) is 2.08. The molecule has 7 rings (SSSR count). The third kappa shape index (κ3) is 3.67. The van der Waals surface area contributed by atoms with Gasteiger partial charge in [-0.3, -0.25) is 15.0 Å². The Hall–Kier alpha value is -4.71. The van der Waals surface area contributed by atoms with Gasteiger partial charge in [0.15, 0.2) is 0 Å². The van der Waals surface area contributed by atoms with Gasteiger partial charge in [0.1, 0.15) is 23.8 Å². The van der Waals surface area contributed by atoms with E-state index in [1.165, 1.54) is 11.3 Å². The molecule has 0 saturated carbocycles. The Morgan fingerprint density at radius 3 is 2.50 bits per heavy atom. The Kier molecular flexibility index (Phi) is 5.42. The normalized spacial score (nSPS) is 18.4. The summed E-state index contributed by atoms with van der Waals surface area (Å²) in [5.74, 6) is 1.58. The zero-order valence-electron chi connectivity index (χ0n) is 23.1. The Bertz CT molecular complexity index is 1810. The van der Waals surface area contributed by atoms with E-state index >= 15 is 0 Å². The number of aryl methyl sites for hydroxylation is 1. The van der Waals surface area contributed by atoms with Gasteiger partial charge < -0.3 is 14.4 Å². The summed E-state index contributed by atoms with van der Waals surface area (Å²) in [4.78, 5) is 16.2. The number of aromatic nitrogens is 2. The van der Waals surface area contributed by atoms with E-state index in [4.69, 9.17) is 14.5 Å². The van der Waals surface area contributed by atoms with Crippen molar-refractivity contribution in [1.82, 2.24) is 9.97 Å². The highest BCUT2D eigenvalue weighted by molar-refractivity contribution is 6.00. The number of rotatable bonds is 4. The second-order valence-electron chi connectivity index (χ2n) is 11.1. The standard InChI is InChI=1S/C34H30N4O2/c1-22-13-15-35-28(17-22)29-18-23(14-16-36-29)20-39-25-10-11-26-24(19-25)9-12-31-32(26)37-21-34(40-31)33(2,3)27-7-5-6-8-30(27)38(34)4/h5-19,21H,20H2,1-4H3. The number of anilines is 1. The first-order valence-corrected chi connectivity index (χ1v) is 13.5. The van der Waals surface area contributed by atoms with E-state index in [0.717, 1.165) is 50.5 Å². The summed E-state index contributed by atoms with van der Waals surface area (Å²) in [5.41, 5.74) is 6.17. The van der Waals surface area contributed by atoms with Crippen molar-refractivity contribution in [1.29, 1.82) is 0 Å². The molecule has 1 atom stereocenters. The molecular formula is C34H30N4O2. The van der Waals surface area contributed by atoms with Gasteiger partial charge in [-0.15, -0.1) is 0 Å². The SMILES string of the molecule is Cc1ccnc(-c2cc(COc3ccc4c5c(ccc4c3)OC3(C=N5)N(C)c4ccccc4C3(C)C)ccn2)c1. The number of benzene rings is 3. The van der Waals surface area contributed by atoms with E-state index < -0.39 is 5.72 Å². The Labute approximate surface area is 234 Å². The van der Waals surface area contributed by atoms with Crippen LogP contribution in [0.5, 0.6) is 11.5 Å². The van der Waals surface area contributed by atoms with Crippen LogP contribution in [0.3, 0.4) is 0 Å². The Morgan fingerprint density at radius 1 is 0.875 bits per heavy atom. The minimum absolute atomic E-state index is 0.283. The lowest BCUT2D eigenvalue weighted by atomic mass is 9.77. The topological polar surface area (TPSA) is 59.8 Å². The average molecular weight is 527 g/mol. The van der Waals surface area contributed by atoms with Crippen LogP contribution in [0, 0.1) is 6.92 Å². The average Bonchev–Trinajstić information content (AvgIpc) is 3.14. The first-order chi connectivity index (χ1) is 19.4. The zero-order valence-corrected chi connectivity index (χ0v) is 23.1. The molecule has 0 fully saturated rings. The molecule has 0 saturated heterocycles. The van der Waals surface area contributed by atoms with E-state index in [9.17, 15) is 0 Å². The van der Waals surface area contributed by atoms with Crippen LogP contribution in [0.15, 0.2) is 96.2 Å². The first-order valence-electron chi connectivity index (χ1n) is 13.5. The van der Waals surface area contributed by atoms with Crippen LogP contribution >= 0.6 is 0 Å². The van der Waals surface area contributed by atoms with E-state index in [1.807, 2.05) is 48.8 Å². The van der Waals surface area contributed by atoms with Gasteiger partial charge in [-0.1, -0.05) is 24.3 Å². The fourth-order valence-electron chi connectivity index (χ4n) is 6.00. The number of ether oxygens (including phenoxy) is 2. The third-order valence-electron chi connectivity index (χ3n) is 8.30. The highest BCUT2D eigenvalue weighted by Crippen LogP contribution is 2.54. The van der Waals surface area contributed by atoms with Gasteiger partial charge in [-0.2, -0.15) is 0 Å². The van der Waals surface area contributed by atoms with Crippen molar-refractivity contribution in [2.24, 2.45) is 4.99 Å². The quantitative estimate of drug-likeness (QED) is 0.244. The van der Waals surface area contributed by atoms with Crippen LogP contribution in [0.2, 0.25) is 0 Å². The predicted octanol–water partition coefficient (Wildman–Crippen LogP) is 7.40. The Morgan fingerprint density at radius 2 is 1.68 bits per heavy atom. The fourth-order valence-corrected chi connectivity index (χ4v) is 6.00. The van der Waals surface area contributed by atoms with Gasteiger partial charge in [0.05, 0.1) is 23.0 Å². The number of hydrogen-bond donors (Lipinski definition) is 0. The monoisotopic (exact) mass is 526 g/mol. The Balaban J connectivity index is 1.14. The molecule has 0 amide bonds. The fraction of sp³-hybridized carbons (Fsp3) is 0.206. The molecule has 2 aliphatic rings. The lowest BCUT2D eigenvalue weighted by Crippen LogP contribution is -2.61. The largest absolute Gasteiger partial charge is 0.489 e. The highest BCUT2D eigenvalue weighted by atomic mass is 16.5. The van der Waals surface area contributed by atoms with Crippen molar-refractivity contribution < 1.29 is 9.47 Å². The maximum Gasteiger partial charge on any atom is 0.228 e. The molecule has 2 aromatic heterocycles. The number of hydrogen-bond acceptors (Lipinski definition) is 6. The molecular weight excluding hydrogens is 496 g/mol. The molecule has 40 heavy (non-hydrogen) atoms. The van der Waals surface area contributed by atoms with Crippen LogP contribution in [0.4, 0.5) is 11.4 Å². The zero-order chi connectivity index (χ0) is 27.5. The van der Waals surface area contributed by atoms with Gasteiger partial charge in [0.25, 0.3) is 0 Å². The molecule has 4 heterocycles. The molecule has 3 aromatic carbocycles. The number of fused-ring (bicyclic) bond motifs is 4. The molecule has 6 nitrogen and oxygen atoms in total. The predicted molar refractivity (Wildman–Crippen MR) is 160 cm³/mol. The van der Waals surface area contributed by atoms with Crippen LogP contribution in [-0.2, 0) is 12.0 Å². The van der Waals surface area contributed by atoms with Crippen molar-refractivity contribution in [3.05, 3.63) is 108 Å². The maximum atomic E-state index is 6.82. The molecule has 0 N–H and O–H groups in total. The molecule has 2 aliphatic heterocycles. The summed E-state index contributed by atoms with van der Waals surface area (Å²) in [5, 5.41) is 2.08. The molecule has 6 heteroatoms. The molecule has 1 spiro atoms. The van der Waals surface area contributed by atoms with E-state index in [0.29, 0.717) is 6.61 Å². The van der Waals surface area contributed by atoms with Gasteiger partial charge >= 0.3 is 0 Å². The number of likely N-dealkylation sites (N-methyl/N-ethyl adjacent to an activating group) is 1. The van der Waals surface area contributed by atoms with Gasteiger partial charge in [0, 0.05) is 30.5 Å². The highest BCUT2D eigenvalue weighted by Gasteiger charge is 2.58. The second-order valence-corrected chi connectivity index (χ2v) is 11.1. The maximum absolute atomic E-state index is 6.82.